The molecule has 0 heterocycles. The van der Waals surface area contributed by atoms with Crippen LogP contribution < -0.4 is 5.32 Å². The molecule has 0 aromatic rings. The lowest BCUT2D eigenvalue weighted by atomic mass is 9.83. The Balaban J connectivity index is 2.40. The Kier molecular flexibility index (Phi) is 2.32. The van der Waals surface area contributed by atoms with Crippen molar-refractivity contribution in [2.75, 3.05) is 7.05 Å². The molecule has 0 aliphatic heterocycles. The number of rotatable bonds is 1. The van der Waals surface area contributed by atoms with Crippen molar-refractivity contribution >= 4 is 0 Å². The average molecular weight is 143 g/mol. The summed E-state index contributed by atoms with van der Waals surface area (Å²) in [5, 5.41) is 12.8. The monoisotopic (exact) mass is 143 g/mol. The third-order valence-electron chi connectivity index (χ3n) is 2.36. The van der Waals surface area contributed by atoms with E-state index in [4.69, 9.17) is 0 Å². The van der Waals surface area contributed by atoms with Gasteiger partial charge in [-0.3, -0.25) is 0 Å². The number of hydrogen-bond donors (Lipinski definition) is 2. The summed E-state index contributed by atoms with van der Waals surface area (Å²) < 4.78 is 0. The maximum Gasteiger partial charge on any atom is 0.0634 e. The second-order valence-electron chi connectivity index (χ2n) is 3.58. The second-order valence-corrected chi connectivity index (χ2v) is 3.58. The Morgan fingerprint density at radius 1 is 1.60 bits per heavy atom. The van der Waals surface area contributed by atoms with Crippen LogP contribution in [0.2, 0.25) is 0 Å². The van der Waals surface area contributed by atoms with Crippen LogP contribution in [-0.2, 0) is 0 Å². The fourth-order valence-corrected chi connectivity index (χ4v) is 1.71. The van der Waals surface area contributed by atoms with Gasteiger partial charge in [-0.15, -0.1) is 0 Å². The van der Waals surface area contributed by atoms with Gasteiger partial charge in [0.2, 0.25) is 0 Å². The zero-order chi connectivity index (χ0) is 7.61. The van der Waals surface area contributed by atoms with Gasteiger partial charge in [0.25, 0.3) is 0 Å². The SMILES string of the molecule is CNC1CCC[C@](C)(O)C1. The van der Waals surface area contributed by atoms with E-state index in [-0.39, 0.29) is 0 Å². The smallest absolute Gasteiger partial charge is 0.0634 e. The molecule has 0 aromatic heterocycles. The molecule has 0 amide bonds. The van der Waals surface area contributed by atoms with E-state index in [1.807, 2.05) is 14.0 Å². The van der Waals surface area contributed by atoms with Crippen LogP contribution in [-0.4, -0.2) is 23.8 Å². The molecule has 60 valence electrons. The van der Waals surface area contributed by atoms with Crippen molar-refractivity contribution in [2.24, 2.45) is 0 Å². The molecule has 2 N–H and O–H groups in total. The molecule has 1 fully saturated rings. The first-order valence-electron chi connectivity index (χ1n) is 4.04. The van der Waals surface area contributed by atoms with Gasteiger partial charge >= 0.3 is 0 Å². The van der Waals surface area contributed by atoms with Gasteiger partial charge in [0.1, 0.15) is 0 Å². The first kappa shape index (κ1) is 8.02. The lowest BCUT2D eigenvalue weighted by Crippen LogP contribution is -2.40. The second kappa shape index (κ2) is 2.89. The van der Waals surface area contributed by atoms with E-state index in [0.717, 1.165) is 19.3 Å². The Labute approximate surface area is 62.6 Å². The maximum absolute atomic E-state index is 9.64. The van der Waals surface area contributed by atoms with Crippen LogP contribution in [0.15, 0.2) is 0 Å². The minimum absolute atomic E-state index is 0.411. The third kappa shape index (κ3) is 1.96. The van der Waals surface area contributed by atoms with Gasteiger partial charge in [-0.25, -0.2) is 0 Å². The van der Waals surface area contributed by atoms with Gasteiger partial charge < -0.3 is 10.4 Å². The minimum atomic E-state index is -0.411. The van der Waals surface area contributed by atoms with Crippen molar-refractivity contribution < 1.29 is 5.11 Å². The Hall–Kier alpha value is -0.0800. The molecule has 1 rings (SSSR count). The van der Waals surface area contributed by atoms with Crippen molar-refractivity contribution in [3.63, 3.8) is 0 Å². The summed E-state index contributed by atoms with van der Waals surface area (Å²) in [6, 6.07) is 0.531. The summed E-state index contributed by atoms with van der Waals surface area (Å²) >= 11 is 0. The fraction of sp³-hybridized carbons (Fsp3) is 1.00. The van der Waals surface area contributed by atoms with E-state index in [1.165, 1.54) is 6.42 Å². The van der Waals surface area contributed by atoms with E-state index in [9.17, 15) is 5.11 Å². The highest BCUT2D eigenvalue weighted by molar-refractivity contribution is 4.84. The van der Waals surface area contributed by atoms with Crippen molar-refractivity contribution in [2.45, 2.75) is 44.2 Å². The molecule has 0 radical (unpaired) electrons. The largest absolute Gasteiger partial charge is 0.390 e. The van der Waals surface area contributed by atoms with Crippen LogP contribution in [0.1, 0.15) is 32.6 Å². The lowest BCUT2D eigenvalue weighted by molar-refractivity contribution is 0.0112. The van der Waals surface area contributed by atoms with Crippen molar-refractivity contribution in [1.29, 1.82) is 0 Å². The maximum atomic E-state index is 9.64. The summed E-state index contributed by atoms with van der Waals surface area (Å²) in [4.78, 5) is 0. The molecule has 1 aliphatic rings. The Bertz CT molecular complexity index is 112. The zero-order valence-electron chi connectivity index (χ0n) is 6.85. The molecular formula is C8H17NO. The van der Waals surface area contributed by atoms with Crippen LogP contribution in [0.4, 0.5) is 0 Å². The van der Waals surface area contributed by atoms with Gasteiger partial charge in [-0.05, 0) is 39.7 Å². The standard InChI is InChI=1S/C8H17NO/c1-8(10)5-3-4-7(6-8)9-2/h7,9-10H,3-6H2,1-2H3/t7?,8-/m0/s1. The van der Waals surface area contributed by atoms with Crippen molar-refractivity contribution in [1.82, 2.24) is 5.32 Å². The van der Waals surface area contributed by atoms with Gasteiger partial charge in [0.15, 0.2) is 0 Å². The lowest BCUT2D eigenvalue weighted by Gasteiger charge is -2.33. The molecule has 0 aromatic carbocycles. The van der Waals surface area contributed by atoms with Gasteiger partial charge in [0, 0.05) is 6.04 Å². The number of hydrogen-bond acceptors (Lipinski definition) is 2. The molecule has 0 saturated heterocycles. The van der Waals surface area contributed by atoms with Crippen LogP contribution in [0.25, 0.3) is 0 Å². The normalized spacial score (nSPS) is 41.7. The molecule has 2 heteroatoms. The van der Waals surface area contributed by atoms with Crippen LogP contribution in [0, 0.1) is 0 Å². The van der Waals surface area contributed by atoms with E-state index in [1.54, 1.807) is 0 Å². The molecule has 1 saturated carbocycles. The Morgan fingerprint density at radius 3 is 2.70 bits per heavy atom. The summed E-state index contributed by atoms with van der Waals surface area (Å²) in [7, 11) is 1.96. The van der Waals surface area contributed by atoms with Gasteiger partial charge in [-0.2, -0.15) is 0 Å². The van der Waals surface area contributed by atoms with E-state index in [2.05, 4.69) is 5.32 Å². The molecular weight excluding hydrogens is 126 g/mol. The average Bonchev–Trinajstić information content (AvgIpc) is 1.86. The highest BCUT2D eigenvalue weighted by Gasteiger charge is 2.28. The quantitative estimate of drug-likeness (QED) is 0.571. The first-order chi connectivity index (χ1) is 4.64. The van der Waals surface area contributed by atoms with Crippen molar-refractivity contribution in [3.05, 3.63) is 0 Å². The molecule has 1 unspecified atom stereocenters. The fourth-order valence-electron chi connectivity index (χ4n) is 1.71. The Morgan fingerprint density at radius 2 is 2.30 bits per heavy atom. The van der Waals surface area contributed by atoms with E-state index >= 15 is 0 Å². The number of aliphatic hydroxyl groups is 1. The predicted octanol–water partition coefficient (Wildman–Crippen LogP) is 0.899. The van der Waals surface area contributed by atoms with E-state index < -0.39 is 5.60 Å². The minimum Gasteiger partial charge on any atom is -0.390 e. The molecule has 2 atom stereocenters. The summed E-state index contributed by atoms with van der Waals surface area (Å²) in [6.07, 6.45) is 4.24. The van der Waals surface area contributed by atoms with E-state index in [0.29, 0.717) is 6.04 Å². The molecule has 0 bridgehead atoms. The highest BCUT2D eigenvalue weighted by atomic mass is 16.3. The number of nitrogens with one attached hydrogen (secondary N) is 1. The third-order valence-corrected chi connectivity index (χ3v) is 2.36. The topological polar surface area (TPSA) is 32.3 Å². The van der Waals surface area contributed by atoms with Crippen molar-refractivity contribution in [3.8, 4) is 0 Å². The zero-order valence-corrected chi connectivity index (χ0v) is 6.85. The molecule has 10 heavy (non-hydrogen) atoms. The van der Waals surface area contributed by atoms with Crippen LogP contribution in [0.3, 0.4) is 0 Å². The summed E-state index contributed by atoms with van der Waals surface area (Å²) in [5.41, 5.74) is -0.411. The van der Waals surface area contributed by atoms with Crippen LogP contribution >= 0.6 is 0 Å². The summed E-state index contributed by atoms with van der Waals surface area (Å²) in [6.45, 7) is 1.93. The highest BCUT2D eigenvalue weighted by Crippen LogP contribution is 2.27. The first-order valence-corrected chi connectivity index (χ1v) is 4.04. The van der Waals surface area contributed by atoms with Gasteiger partial charge in [-0.1, -0.05) is 0 Å². The van der Waals surface area contributed by atoms with Crippen LogP contribution in [0.5, 0.6) is 0 Å². The molecule has 0 spiro atoms. The summed E-state index contributed by atoms with van der Waals surface area (Å²) in [5.74, 6) is 0. The molecule has 2 nitrogen and oxygen atoms in total. The van der Waals surface area contributed by atoms with Gasteiger partial charge in [0.05, 0.1) is 5.60 Å². The molecule has 1 aliphatic carbocycles. The predicted molar refractivity (Wildman–Crippen MR) is 41.9 cm³/mol.